The Morgan fingerprint density at radius 2 is 2.12 bits per heavy atom. The zero-order valence-electron chi connectivity index (χ0n) is 8.50. The number of nitrogens with zero attached hydrogens (tertiary/aromatic N) is 1. The van der Waals surface area contributed by atoms with Gasteiger partial charge in [0.25, 0.3) is 0 Å². The van der Waals surface area contributed by atoms with Crippen LogP contribution in [0, 0.1) is 0 Å². The predicted molar refractivity (Wildman–Crippen MR) is 53.3 cm³/mol. The number of carbonyl (C=O) groups excluding carboxylic acids is 1. The Bertz CT molecular complexity index is 238. The van der Waals surface area contributed by atoms with E-state index >= 15 is 0 Å². The maximum atomic E-state index is 11.7. The molecule has 8 heteroatoms. The molecule has 0 radical (unpaired) electrons. The lowest BCUT2D eigenvalue weighted by atomic mass is 10.3. The van der Waals surface area contributed by atoms with Crippen molar-refractivity contribution in [3.63, 3.8) is 0 Å². The van der Waals surface area contributed by atoms with Crippen molar-refractivity contribution in [2.24, 2.45) is 5.73 Å². The topological polar surface area (TPSA) is 55.6 Å². The van der Waals surface area contributed by atoms with Crippen LogP contribution < -0.4 is 5.73 Å². The van der Waals surface area contributed by atoms with E-state index in [-0.39, 0.29) is 18.4 Å². The van der Waals surface area contributed by atoms with Crippen LogP contribution in [-0.2, 0) is 9.53 Å². The summed E-state index contributed by atoms with van der Waals surface area (Å²) in [6.45, 7) is -1.03. The molecule has 0 unspecified atom stereocenters. The average molecular weight is 263 g/mol. The van der Waals surface area contributed by atoms with Gasteiger partial charge in [-0.1, -0.05) is 0 Å². The SMILES string of the molecule is Cl.N[C@H]1CCN(C(=O)COCC(F)(F)F)C1. The number of amides is 1. The number of nitrogens with two attached hydrogens (primary N) is 1. The van der Waals surface area contributed by atoms with Crippen molar-refractivity contribution in [2.75, 3.05) is 26.3 Å². The number of alkyl halides is 3. The highest BCUT2D eigenvalue weighted by molar-refractivity contribution is 5.85. The van der Waals surface area contributed by atoms with E-state index in [1.165, 1.54) is 4.90 Å². The van der Waals surface area contributed by atoms with Crippen molar-refractivity contribution >= 4 is 18.3 Å². The van der Waals surface area contributed by atoms with Gasteiger partial charge in [-0.25, -0.2) is 0 Å². The number of likely N-dealkylation sites (tertiary alicyclic amines) is 1. The first-order valence-electron chi connectivity index (χ1n) is 4.56. The Labute approximate surface area is 97.3 Å². The molecule has 0 bridgehead atoms. The molecule has 1 aliphatic heterocycles. The van der Waals surface area contributed by atoms with Gasteiger partial charge in [0.05, 0.1) is 0 Å². The summed E-state index contributed by atoms with van der Waals surface area (Å²) in [5, 5.41) is 0. The molecule has 16 heavy (non-hydrogen) atoms. The van der Waals surface area contributed by atoms with Crippen molar-refractivity contribution in [1.29, 1.82) is 0 Å². The second-order valence-corrected chi connectivity index (χ2v) is 3.50. The van der Waals surface area contributed by atoms with E-state index in [0.717, 1.165) is 0 Å². The van der Waals surface area contributed by atoms with E-state index in [9.17, 15) is 18.0 Å². The summed E-state index contributed by atoms with van der Waals surface area (Å²) in [6, 6.07) is -0.0726. The molecule has 0 spiro atoms. The average Bonchev–Trinajstić information content (AvgIpc) is 2.49. The molecule has 1 aliphatic rings. The van der Waals surface area contributed by atoms with E-state index in [1.54, 1.807) is 0 Å². The van der Waals surface area contributed by atoms with Gasteiger partial charge in [-0.3, -0.25) is 4.79 Å². The maximum Gasteiger partial charge on any atom is 0.411 e. The van der Waals surface area contributed by atoms with Crippen LogP contribution in [0.4, 0.5) is 13.2 Å². The molecule has 96 valence electrons. The van der Waals surface area contributed by atoms with Crippen molar-refractivity contribution in [1.82, 2.24) is 4.90 Å². The van der Waals surface area contributed by atoms with Crippen LogP contribution in [0.3, 0.4) is 0 Å². The lowest BCUT2D eigenvalue weighted by Gasteiger charge is -2.16. The first-order chi connectivity index (χ1) is 6.88. The van der Waals surface area contributed by atoms with Gasteiger partial charge < -0.3 is 15.4 Å². The van der Waals surface area contributed by atoms with Crippen molar-refractivity contribution in [3.8, 4) is 0 Å². The molecule has 1 rings (SSSR count). The number of carbonyl (C=O) groups is 1. The van der Waals surface area contributed by atoms with Crippen molar-refractivity contribution in [2.45, 2.75) is 18.6 Å². The molecule has 1 saturated heterocycles. The zero-order valence-corrected chi connectivity index (χ0v) is 9.31. The Morgan fingerprint density at radius 1 is 1.50 bits per heavy atom. The van der Waals surface area contributed by atoms with Gasteiger partial charge in [-0.05, 0) is 6.42 Å². The second kappa shape index (κ2) is 6.27. The molecule has 0 aromatic heterocycles. The van der Waals surface area contributed by atoms with Gasteiger partial charge in [0.1, 0.15) is 13.2 Å². The van der Waals surface area contributed by atoms with Crippen molar-refractivity contribution < 1.29 is 22.7 Å². The highest BCUT2D eigenvalue weighted by atomic mass is 35.5. The van der Waals surface area contributed by atoms with E-state index < -0.39 is 25.3 Å². The molecule has 2 N–H and O–H groups in total. The molecule has 1 heterocycles. The maximum absolute atomic E-state index is 11.7. The minimum atomic E-state index is -4.39. The first kappa shape index (κ1) is 15.5. The molecule has 0 aromatic rings. The van der Waals surface area contributed by atoms with E-state index in [0.29, 0.717) is 19.5 Å². The molecule has 0 saturated carbocycles. The van der Waals surface area contributed by atoms with Crippen LogP contribution in [0.2, 0.25) is 0 Å². The minimum absolute atomic E-state index is 0. The zero-order chi connectivity index (χ0) is 11.5. The molecule has 1 amide bonds. The van der Waals surface area contributed by atoms with Gasteiger partial charge in [0, 0.05) is 19.1 Å². The van der Waals surface area contributed by atoms with Crippen LogP contribution in [0.15, 0.2) is 0 Å². The first-order valence-corrected chi connectivity index (χ1v) is 4.56. The van der Waals surface area contributed by atoms with Gasteiger partial charge in [-0.15, -0.1) is 12.4 Å². The van der Waals surface area contributed by atoms with Crippen LogP contribution in [0.5, 0.6) is 0 Å². The molecule has 4 nitrogen and oxygen atoms in total. The quantitative estimate of drug-likeness (QED) is 0.808. The van der Waals surface area contributed by atoms with Crippen molar-refractivity contribution in [3.05, 3.63) is 0 Å². The standard InChI is InChI=1S/C8H13F3N2O2.ClH/c9-8(10,11)5-15-4-7(14)13-2-1-6(12)3-13;/h6H,1-5,12H2;1H/t6-;/m0./s1. The fourth-order valence-electron chi connectivity index (χ4n) is 1.36. The number of ether oxygens (including phenoxy) is 1. The van der Waals surface area contributed by atoms with Crippen LogP contribution in [0.1, 0.15) is 6.42 Å². The second-order valence-electron chi connectivity index (χ2n) is 3.50. The highest BCUT2D eigenvalue weighted by Crippen LogP contribution is 2.14. The summed E-state index contributed by atoms with van der Waals surface area (Å²) in [4.78, 5) is 12.7. The van der Waals surface area contributed by atoms with Crippen LogP contribution >= 0.6 is 12.4 Å². The lowest BCUT2D eigenvalue weighted by molar-refractivity contribution is -0.177. The van der Waals surface area contributed by atoms with Gasteiger partial charge in [0.2, 0.25) is 5.91 Å². The third kappa shape index (κ3) is 5.53. The monoisotopic (exact) mass is 262 g/mol. The summed E-state index contributed by atoms with van der Waals surface area (Å²) >= 11 is 0. The Balaban J connectivity index is 0.00000225. The van der Waals surface area contributed by atoms with E-state index in [4.69, 9.17) is 5.73 Å². The molecule has 0 aromatic carbocycles. The third-order valence-corrected chi connectivity index (χ3v) is 2.07. The number of rotatable bonds is 3. The molecule has 1 fully saturated rings. The fraction of sp³-hybridized carbons (Fsp3) is 0.875. The lowest BCUT2D eigenvalue weighted by Crippen LogP contribution is -2.35. The molecular weight excluding hydrogens is 249 g/mol. The van der Waals surface area contributed by atoms with Crippen LogP contribution in [0.25, 0.3) is 0 Å². The summed E-state index contributed by atoms with van der Waals surface area (Å²) in [5.74, 6) is -0.438. The van der Waals surface area contributed by atoms with Crippen LogP contribution in [-0.4, -0.2) is 49.3 Å². The van der Waals surface area contributed by atoms with Gasteiger partial charge in [-0.2, -0.15) is 13.2 Å². The fourth-order valence-corrected chi connectivity index (χ4v) is 1.36. The summed E-state index contributed by atoms with van der Waals surface area (Å²) < 4.78 is 39.3. The summed E-state index contributed by atoms with van der Waals surface area (Å²) in [7, 11) is 0. The molecule has 0 aliphatic carbocycles. The predicted octanol–water partition coefficient (Wildman–Crippen LogP) is 0.547. The van der Waals surface area contributed by atoms with E-state index in [1.807, 2.05) is 0 Å². The Kier molecular flexibility index (Phi) is 6.06. The smallest absolute Gasteiger partial charge is 0.362 e. The van der Waals surface area contributed by atoms with Gasteiger partial charge in [0.15, 0.2) is 0 Å². The normalized spacial score (nSPS) is 20.8. The van der Waals surface area contributed by atoms with E-state index in [2.05, 4.69) is 4.74 Å². The highest BCUT2D eigenvalue weighted by Gasteiger charge is 2.29. The third-order valence-electron chi connectivity index (χ3n) is 2.07. The number of hydrogen-bond acceptors (Lipinski definition) is 3. The van der Waals surface area contributed by atoms with Gasteiger partial charge >= 0.3 is 6.18 Å². The molecular formula is C8H14ClF3N2O2. The largest absolute Gasteiger partial charge is 0.411 e. The summed E-state index contributed by atoms with van der Waals surface area (Å²) in [5.41, 5.74) is 5.55. The number of hydrogen-bond donors (Lipinski definition) is 1. The molecule has 1 atom stereocenters. The minimum Gasteiger partial charge on any atom is -0.362 e. The Morgan fingerprint density at radius 3 is 2.56 bits per heavy atom. The Hall–Kier alpha value is -0.530. The summed E-state index contributed by atoms with van der Waals surface area (Å²) in [6.07, 6.45) is -3.70. The number of halogens is 4.